The first kappa shape index (κ1) is 13.1. The summed E-state index contributed by atoms with van der Waals surface area (Å²) in [6.07, 6.45) is 3.66. The third-order valence-electron chi connectivity index (χ3n) is 2.81. The quantitative estimate of drug-likeness (QED) is 0.741. The molecule has 0 fully saturated rings. The summed E-state index contributed by atoms with van der Waals surface area (Å²) in [7, 11) is 0. The van der Waals surface area contributed by atoms with Crippen molar-refractivity contribution in [2.45, 2.75) is 13.1 Å². The SMILES string of the molecule is ClCCN(Cc1ccccc1)Cc1ccncc1. The maximum absolute atomic E-state index is 5.87. The first-order valence-corrected chi connectivity index (χ1v) is 6.63. The Morgan fingerprint density at radius 3 is 2.11 bits per heavy atom. The van der Waals surface area contributed by atoms with Gasteiger partial charge in [0, 0.05) is 37.9 Å². The fraction of sp³-hybridized carbons (Fsp3) is 0.267. The van der Waals surface area contributed by atoms with E-state index in [4.69, 9.17) is 11.6 Å². The van der Waals surface area contributed by atoms with Crippen LogP contribution in [0.1, 0.15) is 11.1 Å². The molecule has 2 rings (SSSR count). The molecule has 0 spiro atoms. The number of aromatic nitrogens is 1. The lowest BCUT2D eigenvalue weighted by Crippen LogP contribution is -2.24. The Morgan fingerprint density at radius 2 is 1.50 bits per heavy atom. The summed E-state index contributed by atoms with van der Waals surface area (Å²) in [6, 6.07) is 14.6. The van der Waals surface area contributed by atoms with E-state index in [1.54, 1.807) is 0 Å². The second kappa shape index (κ2) is 7.14. The van der Waals surface area contributed by atoms with Crippen LogP contribution in [0.25, 0.3) is 0 Å². The molecule has 94 valence electrons. The van der Waals surface area contributed by atoms with Crippen molar-refractivity contribution in [3.8, 4) is 0 Å². The van der Waals surface area contributed by atoms with Gasteiger partial charge >= 0.3 is 0 Å². The molecule has 18 heavy (non-hydrogen) atoms. The van der Waals surface area contributed by atoms with Crippen LogP contribution in [-0.4, -0.2) is 22.3 Å². The van der Waals surface area contributed by atoms with Gasteiger partial charge in [-0.1, -0.05) is 30.3 Å². The van der Waals surface area contributed by atoms with Crippen LogP contribution >= 0.6 is 11.6 Å². The van der Waals surface area contributed by atoms with Crippen molar-refractivity contribution < 1.29 is 0 Å². The predicted molar refractivity (Wildman–Crippen MR) is 75.5 cm³/mol. The van der Waals surface area contributed by atoms with Gasteiger partial charge in [0.15, 0.2) is 0 Å². The van der Waals surface area contributed by atoms with Crippen LogP contribution in [0.4, 0.5) is 0 Å². The van der Waals surface area contributed by atoms with Gasteiger partial charge in [-0.3, -0.25) is 9.88 Å². The second-order valence-corrected chi connectivity index (χ2v) is 4.62. The zero-order chi connectivity index (χ0) is 12.6. The standard InChI is InChI=1S/C15H17ClN2/c16-8-11-18(12-14-4-2-1-3-5-14)13-15-6-9-17-10-7-15/h1-7,9-10H,8,11-13H2. The predicted octanol–water partition coefficient (Wildman–Crippen LogP) is 3.32. The Labute approximate surface area is 113 Å². The molecule has 1 heterocycles. The molecule has 1 aromatic heterocycles. The highest BCUT2D eigenvalue weighted by molar-refractivity contribution is 6.18. The molecule has 0 aliphatic heterocycles. The minimum Gasteiger partial charge on any atom is -0.294 e. The number of hydrogen-bond donors (Lipinski definition) is 0. The lowest BCUT2D eigenvalue weighted by Gasteiger charge is -2.21. The van der Waals surface area contributed by atoms with Gasteiger partial charge in [-0.2, -0.15) is 0 Å². The van der Waals surface area contributed by atoms with Gasteiger partial charge in [0.1, 0.15) is 0 Å². The monoisotopic (exact) mass is 260 g/mol. The van der Waals surface area contributed by atoms with Crippen molar-refractivity contribution in [2.24, 2.45) is 0 Å². The molecule has 0 saturated heterocycles. The number of alkyl halides is 1. The van der Waals surface area contributed by atoms with Gasteiger partial charge in [-0.05, 0) is 23.3 Å². The van der Waals surface area contributed by atoms with E-state index >= 15 is 0 Å². The molecule has 0 atom stereocenters. The van der Waals surface area contributed by atoms with Crippen LogP contribution in [0, 0.1) is 0 Å². The fourth-order valence-electron chi connectivity index (χ4n) is 1.92. The summed E-state index contributed by atoms with van der Waals surface area (Å²) in [5, 5.41) is 0. The van der Waals surface area contributed by atoms with Crippen LogP contribution in [0.15, 0.2) is 54.9 Å². The van der Waals surface area contributed by atoms with E-state index < -0.39 is 0 Å². The van der Waals surface area contributed by atoms with Gasteiger partial charge in [0.05, 0.1) is 0 Å². The molecule has 0 amide bonds. The van der Waals surface area contributed by atoms with Gasteiger partial charge in [-0.25, -0.2) is 0 Å². The Kier molecular flexibility index (Phi) is 5.18. The minimum absolute atomic E-state index is 0.651. The van der Waals surface area contributed by atoms with E-state index in [2.05, 4.69) is 34.1 Å². The van der Waals surface area contributed by atoms with Gasteiger partial charge in [0.2, 0.25) is 0 Å². The van der Waals surface area contributed by atoms with E-state index in [0.717, 1.165) is 19.6 Å². The highest BCUT2D eigenvalue weighted by Gasteiger charge is 2.06. The Morgan fingerprint density at radius 1 is 0.889 bits per heavy atom. The molecule has 0 unspecified atom stereocenters. The molecule has 0 radical (unpaired) electrons. The molecular formula is C15H17ClN2. The molecule has 0 N–H and O–H groups in total. The summed E-state index contributed by atoms with van der Waals surface area (Å²) >= 11 is 5.87. The third kappa shape index (κ3) is 4.13. The first-order chi connectivity index (χ1) is 8.88. The normalized spacial score (nSPS) is 10.8. The third-order valence-corrected chi connectivity index (χ3v) is 2.97. The average molecular weight is 261 g/mol. The van der Waals surface area contributed by atoms with Crippen LogP contribution in [-0.2, 0) is 13.1 Å². The van der Waals surface area contributed by atoms with Gasteiger partial charge < -0.3 is 0 Å². The van der Waals surface area contributed by atoms with Crippen molar-refractivity contribution in [3.63, 3.8) is 0 Å². The highest BCUT2D eigenvalue weighted by Crippen LogP contribution is 2.09. The topological polar surface area (TPSA) is 16.1 Å². The summed E-state index contributed by atoms with van der Waals surface area (Å²) in [4.78, 5) is 6.38. The molecule has 3 heteroatoms. The number of pyridine rings is 1. The zero-order valence-corrected chi connectivity index (χ0v) is 11.1. The van der Waals surface area contributed by atoms with E-state index in [0.29, 0.717) is 5.88 Å². The number of benzene rings is 1. The Bertz CT molecular complexity index is 403. The highest BCUT2D eigenvalue weighted by atomic mass is 35.5. The van der Waals surface area contributed by atoms with Crippen LogP contribution < -0.4 is 0 Å². The van der Waals surface area contributed by atoms with Crippen molar-refractivity contribution in [1.29, 1.82) is 0 Å². The average Bonchev–Trinajstić information content (AvgIpc) is 2.41. The fourth-order valence-corrected chi connectivity index (χ4v) is 2.16. The first-order valence-electron chi connectivity index (χ1n) is 6.09. The van der Waals surface area contributed by atoms with E-state index in [1.165, 1.54) is 11.1 Å². The van der Waals surface area contributed by atoms with Gasteiger partial charge in [-0.15, -0.1) is 11.6 Å². The molecule has 0 aliphatic rings. The van der Waals surface area contributed by atoms with E-state index in [-0.39, 0.29) is 0 Å². The van der Waals surface area contributed by atoms with Crippen molar-refractivity contribution in [3.05, 3.63) is 66.0 Å². The molecule has 0 bridgehead atoms. The summed E-state index contributed by atoms with van der Waals surface area (Å²) < 4.78 is 0. The van der Waals surface area contributed by atoms with Gasteiger partial charge in [0.25, 0.3) is 0 Å². The van der Waals surface area contributed by atoms with Crippen LogP contribution in [0.5, 0.6) is 0 Å². The second-order valence-electron chi connectivity index (χ2n) is 4.24. The molecule has 2 aromatic rings. The number of rotatable bonds is 6. The Hall–Kier alpha value is -1.38. The largest absolute Gasteiger partial charge is 0.294 e. The molecular weight excluding hydrogens is 244 g/mol. The molecule has 1 aromatic carbocycles. The maximum Gasteiger partial charge on any atom is 0.0351 e. The molecule has 0 saturated carbocycles. The Balaban J connectivity index is 2.00. The van der Waals surface area contributed by atoms with E-state index in [1.807, 2.05) is 30.6 Å². The van der Waals surface area contributed by atoms with Crippen molar-refractivity contribution >= 4 is 11.6 Å². The zero-order valence-electron chi connectivity index (χ0n) is 10.3. The maximum atomic E-state index is 5.87. The van der Waals surface area contributed by atoms with E-state index in [9.17, 15) is 0 Å². The summed E-state index contributed by atoms with van der Waals surface area (Å²) in [6.45, 7) is 2.72. The number of nitrogens with zero attached hydrogens (tertiary/aromatic N) is 2. The summed E-state index contributed by atoms with van der Waals surface area (Å²) in [5.41, 5.74) is 2.59. The lowest BCUT2D eigenvalue weighted by molar-refractivity contribution is 0.273. The summed E-state index contributed by atoms with van der Waals surface area (Å²) in [5.74, 6) is 0.651. The lowest BCUT2D eigenvalue weighted by atomic mass is 10.2. The van der Waals surface area contributed by atoms with Crippen molar-refractivity contribution in [2.75, 3.05) is 12.4 Å². The van der Waals surface area contributed by atoms with Crippen molar-refractivity contribution in [1.82, 2.24) is 9.88 Å². The smallest absolute Gasteiger partial charge is 0.0351 e. The van der Waals surface area contributed by atoms with Crippen LogP contribution in [0.2, 0.25) is 0 Å². The molecule has 0 aliphatic carbocycles. The minimum atomic E-state index is 0.651. The van der Waals surface area contributed by atoms with Crippen LogP contribution in [0.3, 0.4) is 0 Å². The molecule has 2 nitrogen and oxygen atoms in total. The number of hydrogen-bond acceptors (Lipinski definition) is 2. The number of halogens is 1.